The average molecular weight is 316 g/mol. The molecule has 0 aromatic rings. The van der Waals surface area contributed by atoms with Crippen LogP contribution in [0, 0.1) is 0 Å². The van der Waals surface area contributed by atoms with Crippen molar-refractivity contribution < 1.29 is 10.2 Å². The molecule has 0 aliphatic carbocycles. The number of unbranched alkanes of at least 4 members (excludes halogenated alkanes) is 13. The summed E-state index contributed by atoms with van der Waals surface area (Å²) < 4.78 is 0. The van der Waals surface area contributed by atoms with Crippen LogP contribution in [-0.2, 0) is 0 Å². The largest absolute Gasteiger partial charge is 0.394 e. The molecule has 0 saturated heterocycles. The smallest absolute Gasteiger partial charge is 0.0894 e. The summed E-state index contributed by atoms with van der Waals surface area (Å²) in [5.41, 5.74) is 0. The van der Waals surface area contributed by atoms with E-state index in [2.05, 4.69) is 12.2 Å². The normalized spacial score (nSPS) is 12.7. The molecule has 134 valence electrons. The second kappa shape index (κ2) is 18.9. The Morgan fingerprint density at radius 2 is 1.09 bits per heavy atom. The predicted octanol–water partition coefficient (Wildman–Crippen LogP) is 4.41. The quantitative estimate of drug-likeness (QED) is 0.328. The van der Waals surface area contributed by atoms with E-state index in [0.29, 0.717) is 6.54 Å². The lowest BCUT2D eigenvalue weighted by molar-refractivity contribution is 0.0945. The van der Waals surface area contributed by atoms with Crippen molar-refractivity contribution in [2.24, 2.45) is 0 Å². The second-order valence-corrected chi connectivity index (χ2v) is 6.64. The molecule has 1 atom stereocenters. The molecule has 0 amide bonds. The van der Waals surface area contributed by atoms with Crippen LogP contribution in [0.5, 0.6) is 0 Å². The lowest BCUT2D eigenvalue weighted by atomic mass is 10.0. The topological polar surface area (TPSA) is 52.5 Å². The summed E-state index contributed by atoms with van der Waals surface area (Å²) in [6, 6.07) is 0. The molecule has 3 N–H and O–H groups in total. The molecular weight excluding hydrogens is 274 g/mol. The Morgan fingerprint density at radius 3 is 1.50 bits per heavy atom. The van der Waals surface area contributed by atoms with Crippen LogP contribution >= 0.6 is 0 Å². The van der Waals surface area contributed by atoms with Gasteiger partial charge in [0.25, 0.3) is 0 Å². The van der Waals surface area contributed by atoms with Gasteiger partial charge in [0.05, 0.1) is 12.7 Å². The van der Waals surface area contributed by atoms with Gasteiger partial charge in [-0.15, -0.1) is 0 Å². The van der Waals surface area contributed by atoms with Gasteiger partial charge in [0.1, 0.15) is 0 Å². The third-order valence-corrected chi connectivity index (χ3v) is 4.30. The van der Waals surface area contributed by atoms with E-state index in [0.717, 1.165) is 6.54 Å². The van der Waals surface area contributed by atoms with Crippen LogP contribution in [0.25, 0.3) is 0 Å². The van der Waals surface area contributed by atoms with Crippen molar-refractivity contribution in [1.82, 2.24) is 5.32 Å². The molecule has 0 aromatic carbocycles. The van der Waals surface area contributed by atoms with E-state index < -0.39 is 6.10 Å². The van der Waals surface area contributed by atoms with Gasteiger partial charge in [-0.2, -0.15) is 0 Å². The second-order valence-electron chi connectivity index (χ2n) is 6.64. The van der Waals surface area contributed by atoms with Crippen LogP contribution in [0.2, 0.25) is 0 Å². The molecule has 0 aliphatic heterocycles. The fourth-order valence-corrected chi connectivity index (χ4v) is 2.78. The monoisotopic (exact) mass is 315 g/mol. The Hall–Kier alpha value is -0.120. The van der Waals surface area contributed by atoms with E-state index in [1.54, 1.807) is 0 Å². The van der Waals surface area contributed by atoms with Crippen LogP contribution < -0.4 is 5.32 Å². The third-order valence-electron chi connectivity index (χ3n) is 4.30. The molecule has 0 rings (SSSR count). The zero-order valence-corrected chi connectivity index (χ0v) is 15.0. The molecule has 0 aromatic heterocycles. The van der Waals surface area contributed by atoms with Crippen LogP contribution in [0.3, 0.4) is 0 Å². The van der Waals surface area contributed by atoms with Crippen molar-refractivity contribution in [2.45, 2.75) is 103 Å². The summed E-state index contributed by atoms with van der Waals surface area (Å²) >= 11 is 0. The van der Waals surface area contributed by atoms with E-state index >= 15 is 0 Å². The molecule has 0 saturated carbocycles. The summed E-state index contributed by atoms with van der Waals surface area (Å²) in [7, 11) is 0. The molecule has 0 aliphatic rings. The highest BCUT2D eigenvalue weighted by atomic mass is 16.3. The maximum Gasteiger partial charge on any atom is 0.0894 e. The van der Waals surface area contributed by atoms with Gasteiger partial charge < -0.3 is 15.5 Å². The molecule has 3 nitrogen and oxygen atoms in total. The number of hydrogen-bond donors (Lipinski definition) is 3. The van der Waals surface area contributed by atoms with E-state index in [1.165, 1.54) is 89.9 Å². The third kappa shape index (κ3) is 17.9. The van der Waals surface area contributed by atoms with E-state index in [9.17, 15) is 0 Å². The lowest BCUT2D eigenvalue weighted by Crippen LogP contribution is -2.29. The van der Waals surface area contributed by atoms with Crippen molar-refractivity contribution >= 4 is 0 Å². The van der Waals surface area contributed by atoms with Crippen LogP contribution in [0.1, 0.15) is 96.8 Å². The Morgan fingerprint density at radius 1 is 0.682 bits per heavy atom. The number of aliphatic hydroxyl groups is 2. The molecule has 0 spiro atoms. The van der Waals surface area contributed by atoms with Crippen molar-refractivity contribution in [2.75, 3.05) is 19.7 Å². The Bertz CT molecular complexity index is 200. The molecular formula is C19H41NO2. The highest BCUT2D eigenvalue weighted by molar-refractivity contribution is 4.57. The zero-order chi connectivity index (χ0) is 16.3. The van der Waals surface area contributed by atoms with E-state index in [-0.39, 0.29) is 6.61 Å². The van der Waals surface area contributed by atoms with Crippen LogP contribution in [0.4, 0.5) is 0 Å². The fraction of sp³-hybridized carbons (Fsp3) is 1.00. The van der Waals surface area contributed by atoms with Crippen molar-refractivity contribution in [3.05, 3.63) is 0 Å². The van der Waals surface area contributed by atoms with Gasteiger partial charge >= 0.3 is 0 Å². The first-order chi connectivity index (χ1) is 10.8. The molecule has 0 fully saturated rings. The molecule has 0 radical (unpaired) electrons. The summed E-state index contributed by atoms with van der Waals surface area (Å²) in [6.07, 6.45) is 18.7. The van der Waals surface area contributed by atoms with Gasteiger partial charge in [-0.05, 0) is 13.0 Å². The zero-order valence-electron chi connectivity index (χ0n) is 15.0. The Balaban J connectivity index is 2.97. The summed E-state index contributed by atoms with van der Waals surface area (Å²) in [5.74, 6) is 0. The highest BCUT2D eigenvalue weighted by Crippen LogP contribution is 2.12. The number of rotatable bonds is 18. The molecule has 0 heterocycles. The van der Waals surface area contributed by atoms with Gasteiger partial charge in [-0.3, -0.25) is 0 Å². The molecule has 3 heteroatoms. The first-order valence-corrected chi connectivity index (χ1v) is 9.81. The van der Waals surface area contributed by atoms with Gasteiger partial charge in [0.2, 0.25) is 0 Å². The first-order valence-electron chi connectivity index (χ1n) is 9.81. The lowest BCUT2D eigenvalue weighted by Gasteiger charge is -2.08. The summed E-state index contributed by atoms with van der Waals surface area (Å²) in [5, 5.41) is 21.0. The van der Waals surface area contributed by atoms with Crippen LogP contribution in [0.15, 0.2) is 0 Å². The Kier molecular flexibility index (Phi) is 18.8. The fourth-order valence-electron chi connectivity index (χ4n) is 2.78. The molecule has 0 bridgehead atoms. The minimum Gasteiger partial charge on any atom is -0.394 e. The van der Waals surface area contributed by atoms with Gasteiger partial charge in [-0.25, -0.2) is 0 Å². The van der Waals surface area contributed by atoms with Gasteiger partial charge in [0, 0.05) is 6.54 Å². The standard InChI is InChI=1S/C19H41NO2/c1-2-3-4-5-6-7-8-9-10-11-12-13-14-15-16-20-17-19(22)18-21/h19-22H,2-18H2,1H3. The Labute approximate surface area is 138 Å². The van der Waals surface area contributed by atoms with Crippen LogP contribution in [-0.4, -0.2) is 36.0 Å². The number of hydrogen-bond acceptors (Lipinski definition) is 3. The maximum absolute atomic E-state index is 9.16. The van der Waals surface area contributed by atoms with Crippen molar-refractivity contribution in [3.63, 3.8) is 0 Å². The maximum atomic E-state index is 9.16. The van der Waals surface area contributed by atoms with Gasteiger partial charge in [0.15, 0.2) is 0 Å². The first kappa shape index (κ1) is 21.9. The SMILES string of the molecule is CCCCCCCCCCCCCCCCNCC(O)CO. The highest BCUT2D eigenvalue weighted by Gasteiger charge is 1.99. The minimum absolute atomic E-state index is 0.147. The summed E-state index contributed by atoms with van der Waals surface area (Å²) in [6.45, 7) is 3.59. The van der Waals surface area contributed by atoms with Crippen molar-refractivity contribution in [3.8, 4) is 0 Å². The summed E-state index contributed by atoms with van der Waals surface area (Å²) in [4.78, 5) is 0. The molecule has 22 heavy (non-hydrogen) atoms. The molecule has 1 unspecified atom stereocenters. The predicted molar refractivity (Wildman–Crippen MR) is 96.3 cm³/mol. The van der Waals surface area contributed by atoms with Gasteiger partial charge in [-0.1, -0.05) is 90.4 Å². The number of nitrogens with one attached hydrogen (secondary N) is 1. The minimum atomic E-state index is -0.605. The van der Waals surface area contributed by atoms with Crippen molar-refractivity contribution in [1.29, 1.82) is 0 Å². The average Bonchev–Trinajstić information content (AvgIpc) is 2.54. The van der Waals surface area contributed by atoms with E-state index in [4.69, 9.17) is 10.2 Å². The number of aliphatic hydroxyl groups excluding tert-OH is 2. The van der Waals surface area contributed by atoms with E-state index in [1.807, 2.05) is 0 Å².